The predicted octanol–water partition coefficient (Wildman–Crippen LogP) is 0.476. The van der Waals surface area contributed by atoms with Gasteiger partial charge in [-0.25, -0.2) is 0 Å². The largest absolute Gasteiger partial charge is 0.378 e. The van der Waals surface area contributed by atoms with Crippen LogP contribution in [-0.2, 0) is 20.9 Å². The molecule has 1 aliphatic heterocycles. The third kappa shape index (κ3) is 5.47. The number of nitrogens with one attached hydrogen (secondary N) is 1. The van der Waals surface area contributed by atoms with Crippen LogP contribution in [-0.4, -0.2) is 58.8 Å². The number of carbonyl (C=O) groups excluding carboxylic acids is 2. The summed E-state index contributed by atoms with van der Waals surface area (Å²) in [5.41, 5.74) is 6.12. The Labute approximate surface area is 148 Å². The minimum absolute atomic E-state index is 0. The normalized spacial score (nSPS) is 16.2. The fourth-order valence-electron chi connectivity index (χ4n) is 2.18. The Balaban J connectivity index is 0.00000288. The Hall–Kier alpha value is -1.64. The Morgan fingerprint density at radius 1 is 1.38 bits per heavy atom. The van der Waals surface area contributed by atoms with E-state index in [2.05, 4.69) is 10.4 Å². The maximum atomic E-state index is 12.1. The molecule has 0 aliphatic carbocycles. The third-order valence-corrected chi connectivity index (χ3v) is 3.78. The van der Waals surface area contributed by atoms with Gasteiger partial charge < -0.3 is 20.7 Å². The number of carbonyl (C=O) groups is 2. The number of hydrogen-bond acceptors (Lipinski definition) is 5. The summed E-state index contributed by atoms with van der Waals surface area (Å²) in [6, 6.07) is -0.624. The van der Waals surface area contributed by atoms with Gasteiger partial charge in [0.1, 0.15) is 6.54 Å². The molecule has 0 saturated carbocycles. The molecule has 2 heterocycles. The summed E-state index contributed by atoms with van der Waals surface area (Å²) >= 11 is 0. The minimum Gasteiger partial charge on any atom is -0.378 e. The summed E-state index contributed by atoms with van der Waals surface area (Å²) in [7, 11) is 0. The van der Waals surface area contributed by atoms with E-state index in [9.17, 15) is 9.59 Å². The summed E-state index contributed by atoms with van der Waals surface area (Å²) in [5.74, 6) is -0.280. The Kier molecular flexibility index (Phi) is 7.19. The molecule has 1 fully saturated rings. The SMILES string of the molecule is CC(C)(C)[C@H](N)C(=O)Nc1cnn(CC(=O)N2CCOCC2)c1.Cl. The van der Waals surface area contributed by atoms with Gasteiger partial charge in [0, 0.05) is 19.3 Å². The number of ether oxygens (including phenoxy) is 1. The zero-order valence-corrected chi connectivity index (χ0v) is 15.1. The van der Waals surface area contributed by atoms with Gasteiger partial charge in [-0.1, -0.05) is 20.8 Å². The number of amides is 2. The first-order valence-corrected chi connectivity index (χ1v) is 7.72. The highest BCUT2D eigenvalue weighted by atomic mass is 35.5. The lowest BCUT2D eigenvalue weighted by molar-refractivity contribution is -0.136. The lowest BCUT2D eigenvalue weighted by Gasteiger charge is -2.26. The van der Waals surface area contributed by atoms with E-state index in [4.69, 9.17) is 10.5 Å². The number of halogens is 1. The van der Waals surface area contributed by atoms with Crippen LogP contribution < -0.4 is 11.1 Å². The van der Waals surface area contributed by atoms with Crippen molar-refractivity contribution in [1.82, 2.24) is 14.7 Å². The Morgan fingerprint density at radius 3 is 2.58 bits per heavy atom. The molecule has 1 aromatic heterocycles. The highest BCUT2D eigenvalue weighted by Crippen LogP contribution is 2.18. The molecule has 2 rings (SSSR count). The average molecular weight is 360 g/mol. The van der Waals surface area contributed by atoms with E-state index in [0.29, 0.717) is 32.0 Å². The van der Waals surface area contributed by atoms with E-state index >= 15 is 0 Å². The van der Waals surface area contributed by atoms with Crippen molar-refractivity contribution < 1.29 is 14.3 Å². The molecular weight excluding hydrogens is 334 g/mol. The van der Waals surface area contributed by atoms with Gasteiger partial charge in [0.15, 0.2) is 0 Å². The van der Waals surface area contributed by atoms with Crippen LogP contribution in [0.2, 0.25) is 0 Å². The number of hydrogen-bond donors (Lipinski definition) is 2. The minimum atomic E-state index is -0.624. The van der Waals surface area contributed by atoms with Gasteiger partial charge in [-0.15, -0.1) is 12.4 Å². The first-order valence-electron chi connectivity index (χ1n) is 7.72. The van der Waals surface area contributed by atoms with E-state index < -0.39 is 6.04 Å². The first-order chi connectivity index (χ1) is 10.8. The fraction of sp³-hybridized carbons (Fsp3) is 0.667. The van der Waals surface area contributed by atoms with Gasteiger partial charge in [0.05, 0.1) is 31.1 Å². The van der Waals surface area contributed by atoms with Crippen molar-refractivity contribution in [1.29, 1.82) is 0 Å². The molecule has 24 heavy (non-hydrogen) atoms. The third-order valence-electron chi connectivity index (χ3n) is 3.78. The summed E-state index contributed by atoms with van der Waals surface area (Å²) in [6.45, 7) is 8.19. The molecule has 8 nitrogen and oxygen atoms in total. The molecule has 0 bridgehead atoms. The van der Waals surface area contributed by atoms with E-state index in [1.54, 1.807) is 11.1 Å². The molecule has 0 spiro atoms. The first kappa shape index (κ1) is 20.4. The standard InChI is InChI=1S/C15H25N5O3.ClH/c1-15(2,3)13(16)14(22)18-11-8-17-20(9-11)10-12(21)19-4-6-23-7-5-19;/h8-9,13H,4-7,10,16H2,1-3H3,(H,18,22);1H/t13-;/m1./s1. The van der Waals surface area contributed by atoms with Crippen LogP contribution in [0.15, 0.2) is 12.4 Å². The molecule has 0 radical (unpaired) electrons. The van der Waals surface area contributed by atoms with Crippen molar-refractivity contribution in [2.45, 2.75) is 33.4 Å². The van der Waals surface area contributed by atoms with Gasteiger partial charge in [-0.2, -0.15) is 5.10 Å². The zero-order valence-electron chi connectivity index (χ0n) is 14.3. The molecule has 1 aliphatic rings. The molecule has 1 aromatic rings. The van der Waals surface area contributed by atoms with Crippen molar-refractivity contribution in [2.75, 3.05) is 31.6 Å². The number of aromatic nitrogens is 2. The van der Waals surface area contributed by atoms with Crippen LogP contribution in [0.1, 0.15) is 20.8 Å². The number of nitrogens with zero attached hydrogens (tertiary/aromatic N) is 3. The number of nitrogens with two attached hydrogens (primary N) is 1. The lowest BCUT2D eigenvalue weighted by Crippen LogP contribution is -2.45. The number of morpholine rings is 1. The highest BCUT2D eigenvalue weighted by Gasteiger charge is 2.27. The van der Waals surface area contributed by atoms with Crippen LogP contribution in [0.4, 0.5) is 5.69 Å². The quantitative estimate of drug-likeness (QED) is 0.813. The fourth-order valence-corrected chi connectivity index (χ4v) is 2.18. The van der Waals surface area contributed by atoms with Crippen molar-refractivity contribution >= 4 is 29.9 Å². The van der Waals surface area contributed by atoms with Crippen molar-refractivity contribution in [3.8, 4) is 0 Å². The molecule has 1 atom stereocenters. The molecule has 0 aromatic carbocycles. The smallest absolute Gasteiger partial charge is 0.244 e. The van der Waals surface area contributed by atoms with Crippen LogP contribution in [0.25, 0.3) is 0 Å². The molecule has 2 amide bonds. The van der Waals surface area contributed by atoms with Crippen LogP contribution in [0.3, 0.4) is 0 Å². The molecular formula is C15H26ClN5O3. The van der Waals surface area contributed by atoms with Gasteiger partial charge in [-0.05, 0) is 5.41 Å². The summed E-state index contributed by atoms with van der Waals surface area (Å²) in [4.78, 5) is 26.0. The number of rotatable bonds is 4. The maximum absolute atomic E-state index is 12.1. The second-order valence-corrected chi connectivity index (χ2v) is 6.75. The van der Waals surface area contributed by atoms with Gasteiger partial charge >= 0.3 is 0 Å². The summed E-state index contributed by atoms with van der Waals surface area (Å²) < 4.78 is 6.73. The lowest BCUT2D eigenvalue weighted by atomic mass is 9.87. The van der Waals surface area contributed by atoms with Crippen molar-refractivity contribution in [2.24, 2.45) is 11.1 Å². The summed E-state index contributed by atoms with van der Waals surface area (Å²) in [5, 5.41) is 6.84. The topological polar surface area (TPSA) is 102 Å². The Bertz CT molecular complexity index is 564. The molecule has 136 valence electrons. The summed E-state index contributed by atoms with van der Waals surface area (Å²) in [6.07, 6.45) is 3.14. The predicted molar refractivity (Wildman–Crippen MR) is 92.9 cm³/mol. The second kappa shape index (κ2) is 8.46. The van der Waals surface area contributed by atoms with Crippen LogP contribution in [0.5, 0.6) is 0 Å². The molecule has 1 saturated heterocycles. The van der Waals surface area contributed by atoms with E-state index in [1.807, 2.05) is 20.8 Å². The van der Waals surface area contributed by atoms with E-state index in [0.717, 1.165) is 0 Å². The van der Waals surface area contributed by atoms with Gasteiger partial charge in [0.2, 0.25) is 11.8 Å². The zero-order chi connectivity index (χ0) is 17.0. The van der Waals surface area contributed by atoms with E-state index in [1.165, 1.54) is 10.9 Å². The van der Waals surface area contributed by atoms with Crippen molar-refractivity contribution in [3.05, 3.63) is 12.4 Å². The monoisotopic (exact) mass is 359 g/mol. The van der Waals surface area contributed by atoms with E-state index in [-0.39, 0.29) is 36.2 Å². The molecule has 9 heteroatoms. The number of anilines is 1. The average Bonchev–Trinajstić information content (AvgIpc) is 2.93. The highest BCUT2D eigenvalue weighted by molar-refractivity contribution is 5.95. The van der Waals surface area contributed by atoms with Crippen molar-refractivity contribution in [3.63, 3.8) is 0 Å². The van der Waals surface area contributed by atoms with Gasteiger partial charge in [0.25, 0.3) is 0 Å². The Morgan fingerprint density at radius 2 is 2.00 bits per heavy atom. The van der Waals surface area contributed by atoms with Crippen LogP contribution >= 0.6 is 12.4 Å². The van der Waals surface area contributed by atoms with Gasteiger partial charge in [-0.3, -0.25) is 14.3 Å². The molecule has 0 unspecified atom stereocenters. The van der Waals surface area contributed by atoms with Crippen LogP contribution in [0, 0.1) is 5.41 Å². The molecule has 3 N–H and O–H groups in total. The maximum Gasteiger partial charge on any atom is 0.244 e. The second-order valence-electron chi connectivity index (χ2n) is 6.75.